The topological polar surface area (TPSA) is 55.0 Å². The molecule has 0 bridgehead atoms. The van der Waals surface area contributed by atoms with Crippen LogP contribution in [0.15, 0.2) is 66.6 Å². The predicted octanol–water partition coefficient (Wildman–Crippen LogP) is 5.13. The van der Waals surface area contributed by atoms with Crippen LogP contribution in [0, 0.1) is 19.7 Å². The van der Waals surface area contributed by atoms with Crippen LogP contribution >= 0.6 is 0 Å². The van der Waals surface area contributed by atoms with E-state index in [0.717, 1.165) is 40.2 Å². The van der Waals surface area contributed by atoms with Gasteiger partial charge < -0.3 is 20.9 Å². The standard InChI is InChI=1S/C26H25FN4/c1-16-9-20(3-5-24(16)27)26-23(19-4-6-25(28)17(2)10-19)12-21(14-30-26)29-13-18-11-22-7-8-31(22)15-18/h3-12,14-15,26,29-30H,13,28H2,1-2H3. The summed E-state index contributed by atoms with van der Waals surface area (Å²) in [4.78, 5) is 0. The fraction of sp³-hybridized carbons (Fsp3) is 0.154. The monoisotopic (exact) mass is 412 g/mol. The van der Waals surface area contributed by atoms with Crippen LogP contribution in [0.2, 0.25) is 0 Å². The van der Waals surface area contributed by atoms with E-state index in [4.69, 9.17) is 5.73 Å². The summed E-state index contributed by atoms with van der Waals surface area (Å²) >= 11 is 0. The molecule has 3 aromatic rings. The van der Waals surface area contributed by atoms with Crippen molar-refractivity contribution in [3.05, 3.63) is 106 Å². The van der Waals surface area contributed by atoms with Crippen molar-refractivity contribution in [2.75, 3.05) is 5.73 Å². The maximum absolute atomic E-state index is 13.9. The minimum absolute atomic E-state index is 0.0770. The van der Waals surface area contributed by atoms with Gasteiger partial charge in [-0.2, -0.15) is 0 Å². The van der Waals surface area contributed by atoms with Crippen LogP contribution in [0.3, 0.4) is 0 Å². The molecule has 0 saturated heterocycles. The lowest BCUT2D eigenvalue weighted by Crippen LogP contribution is -2.25. The van der Waals surface area contributed by atoms with E-state index in [0.29, 0.717) is 5.56 Å². The number of benzene rings is 2. The number of allylic oxidation sites excluding steroid dienone is 1. The first-order valence-corrected chi connectivity index (χ1v) is 10.4. The first-order chi connectivity index (χ1) is 15.0. The van der Waals surface area contributed by atoms with Crippen molar-refractivity contribution in [1.29, 1.82) is 0 Å². The van der Waals surface area contributed by atoms with Crippen LogP contribution in [0.25, 0.3) is 17.8 Å². The number of dihydropyridines is 1. The molecule has 2 aliphatic heterocycles. The summed E-state index contributed by atoms with van der Waals surface area (Å²) < 4.78 is 16.0. The number of nitrogens with one attached hydrogen (secondary N) is 2. The Morgan fingerprint density at radius 2 is 1.97 bits per heavy atom. The van der Waals surface area contributed by atoms with Crippen molar-refractivity contribution in [2.24, 2.45) is 0 Å². The molecule has 1 atom stereocenters. The van der Waals surface area contributed by atoms with Crippen LogP contribution in [-0.2, 0) is 6.54 Å². The highest BCUT2D eigenvalue weighted by molar-refractivity contribution is 5.76. The zero-order valence-corrected chi connectivity index (χ0v) is 17.6. The maximum atomic E-state index is 13.9. The summed E-state index contributed by atoms with van der Waals surface area (Å²) in [6.07, 6.45) is 10.4. The zero-order valence-electron chi connectivity index (χ0n) is 17.6. The van der Waals surface area contributed by atoms with Crippen molar-refractivity contribution in [3.8, 4) is 0 Å². The second-order valence-corrected chi connectivity index (χ2v) is 8.23. The highest BCUT2D eigenvalue weighted by Gasteiger charge is 2.22. The van der Waals surface area contributed by atoms with Gasteiger partial charge in [-0.25, -0.2) is 4.39 Å². The van der Waals surface area contributed by atoms with E-state index in [-0.39, 0.29) is 11.9 Å². The maximum Gasteiger partial charge on any atom is 0.126 e. The molecule has 0 spiro atoms. The Hall–Kier alpha value is -3.73. The highest BCUT2D eigenvalue weighted by Crippen LogP contribution is 2.35. The summed E-state index contributed by atoms with van der Waals surface area (Å²) in [5.74, 6) is -0.190. The van der Waals surface area contributed by atoms with Gasteiger partial charge in [-0.05, 0) is 83.7 Å². The molecule has 31 heavy (non-hydrogen) atoms. The molecule has 3 heterocycles. The van der Waals surface area contributed by atoms with E-state index < -0.39 is 0 Å². The third kappa shape index (κ3) is 3.63. The van der Waals surface area contributed by atoms with Gasteiger partial charge in [0, 0.05) is 36.5 Å². The Labute approximate surface area is 181 Å². The quantitative estimate of drug-likeness (QED) is 0.399. The van der Waals surface area contributed by atoms with Gasteiger partial charge >= 0.3 is 0 Å². The molecule has 0 saturated carbocycles. The molecule has 0 aliphatic carbocycles. The molecule has 4 nitrogen and oxygen atoms in total. The number of aromatic nitrogens is 1. The van der Waals surface area contributed by atoms with Gasteiger partial charge in [-0.3, -0.25) is 0 Å². The van der Waals surface area contributed by atoms with Crippen LogP contribution in [0.5, 0.6) is 0 Å². The zero-order chi connectivity index (χ0) is 21.5. The number of nitrogens with two attached hydrogens (primary N) is 1. The number of nitrogen functional groups attached to an aromatic ring is 1. The smallest absolute Gasteiger partial charge is 0.126 e. The highest BCUT2D eigenvalue weighted by atomic mass is 19.1. The number of rotatable bonds is 5. The van der Waals surface area contributed by atoms with Crippen molar-refractivity contribution in [3.63, 3.8) is 0 Å². The largest absolute Gasteiger partial charge is 0.399 e. The first kappa shape index (κ1) is 19.2. The third-order valence-corrected chi connectivity index (χ3v) is 5.98. The average Bonchev–Trinajstić information content (AvgIpc) is 3.04. The van der Waals surface area contributed by atoms with E-state index in [2.05, 4.69) is 51.9 Å². The number of fused-ring (bicyclic) bond motifs is 1. The number of halogens is 1. The molecular weight excluding hydrogens is 387 g/mol. The Morgan fingerprint density at radius 1 is 1.10 bits per heavy atom. The summed E-state index contributed by atoms with van der Waals surface area (Å²) in [7, 11) is 0. The fourth-order valence-corrected chi connectivity index (χ4v) is 4.08. The van der Waals surface area contributed by atoms with Gasteiger partial charge in [0.25, 0.3) is 0 Å². The number of aryl methyl sites for hydroxylation is 2. The summed E-state index contributed by atoms with van der Waals surface area (Å²) in [5.41, 5.74) is 15.2. The molecule has 1 unspecified atom stereocenters. The molecule has 1 aromatic heterocycles. The molecule has 0 radical (unpaired) electrons. The van der Waals surface area contributed by atoms with Gasteiger partial charge in [0.05, 0.1) is 11.7 Å². The minimum Gasteiger partial charge on any atom is -0.399 e. The Kier molecular flexibility index (Phi) is 4.66. The first-order valence-electron chi connectivity index (χ1n) is 10.4. The van der Waals surface area contributed by atoms with Crippen LogP contribution in [0.4, 0.5) is 10.1 Å². The average molecular weight is 413 g/mol. The molecule has 5 heteroatoms. The molecule has 5 rings (SSSR count). The summed E-state index contributed by atoms with van der Waals surface area (Å²) in [6, 6.07) is 13.5. The predicted molar refractivity (Wildman–Crippen MR) is 125 cm³/mol. The van der Waals surface area contributed by atoms with E-state index in [1.165, 1.54) is 17.3 Å². The van der Waals surface area contributed by atoms with Crippen LogP contribution in [-0.4, -0.2) is 4.57 Å². The second-order valence-electron chi connectivity index (χ2n) is 8.23. The molecule has 2 aromatic carbocycles. The number of nitrogens with zero attached hydrogens (tertiary/aromatic N) is 1. The molecule has 156 valence electrons. The second kappa shape index (κ2) is 7.51. The van der Waals surface area contributed by atoms with Gasteiger partial charge in [-0.15, -0.1) is 0 Å². The van der Waals surface area contributed by atoms with Crippen molar-refractivity contribution < 1.29 is 4.39 Å². The van der Waals surface area contributed by atoms with Crippen molar-refractivity contribution >= 4 is 23.5 Å². The van der Waals surface area contributed by atoms with E-state index in [9.17, 15) is 4.39 Å². The number of hydrogen-bond acceptors (Lipinski definition) is 3. The van der Waals surface area contributed by atoms with E-state index in [1.807, 2.05) is 37.4 Å². The third-order valence-electron chi connectivity index (χ3n) is 5.98. The molecular formula is C26H25FN4. The minimum atomic E-state index is -0.190. The van der Waals surface area contributed by atoms with Gasteiger partial charge in [0.2, 0.25) is 0 Å². The Bertz CT molecular complexity index is 1240. The molecule has 2 aliphatic rings. The van der Waals surface area contributed by atoms with Crippen molar-refractivity contribution in [2.45, 2.75) is 26.4 Å². The van der Waals surface area contributed by atoms with E-state index in [1.54, 1.807) is 6.92 Å². The number of anilines is 1. The van der Waals surface area contributed by atoms with E-state index >= 15 is 0 Å². The lowest BCUT2D eigenvalue weighted by Gasteiger charge is -2.27. The summed E-state index contributed by atoms with van der Waals surface area (Å²) in [5, 5.41) is 7.04. The normalized spacial score (nSPS) is 16.7. The number of hydrogen-bond donors (Lipinski definition) is 3. The van der Waals surface area contributed by atoms with Crippen LogP contribution in [0.1, 0.15) is 39.6 Å². The van der Waals surface area contributed by atoms with Gasteiger partial charge in [-0.1, -0.05) is 18.2 Å². The lowest BCUT2D eigenvalue weighted by atomic mass is 9.89. The SMILES string of the molecule is Cc1cc(C2=CC(NCc3cc4n(c3)C=C4)=CNC2c2ccc(F)c(C)c2)ccc1N. The van der Waals surface area contributed by atoms with Crippen molar-refractivity contribution in [1.82, 2.24) is 15.2 Å². The molecule has 4 N–H and O–H groups in total. The van der Waals surface area contributed by atoms with Gasteiger partial charge in [0.15, 0.2) is 0 Å². The lowest BCUT2D eigenvalue weighted by molar-refractivity contribution is 0.615. The fourth-order valence-electron chi connectivity index (χ4n) is 4.08. The summed E-state index contributed by atoms with van der Waals surface area (Å²) in [6.45, 7) is 4.54. The van der Waals surface area contributed by atoms with Gasteiger partial charge in [0.1, 0.15) is 5.82 Å². The van der Waals surface area contributed by atoms with Crippen LogP contribution < -0.4 is 16.4 Å². The molecule has 0 fully saturated rings. The Balaban J connectivity index is 1.45. The Morgan fingerprint density at radius 3 is 2.65 bits per heavy atom. The molecule has 0 amide bonds.